The highest BCUT2D eigenvalue weighted by atomic mass is 19.4. The van der Waals surface area contributed by atoms with Crippen molar-refractivity contribution in [1.29, 1.82) is 5.26 Å². The quantitative estimate of drug-likeness (QED) is 0.420. The number of nitrogens with zero attached hydrogens (tertiary/aromatic N) is 5. The van der Waals surface area contributed by atoms with Crippen LogP contribution in [0.2, 0.25) is 0 Å². The molecule has 176 valence electrons. The first-order chi connectivity index (χ1) is 15.9. The van der Waals surface area contributed by atoms with Gasteiger partial charge in [-0.2, -0.15) is 31.6 Å². The molecule has 0 atom stereocenters. The Bertz CT molecular complexity index is 1250. The molecule has 7 nitrogen and oxygen atoms in total. The number of nitriles is 1. The van der Waals surface area contributed by atoms with Crippen molar-refractivity contribution in [2.24, 2.45) is 5.73 Å². The summed E-state index contributed by atoms with van der Waals surface area (Å²) in [5.74, 6) is -1.23. The lowest BCUT2D eigenvalue weighted by Crippen LogP contribution is -2.15. The zero-order valence-electron chi connectivity index (χ0n) is 17.0. The molecule has 0 saturated heterocycles. The van der Waals surface area contributed by atoms with Gasteiger partial charge >= 0.3 is 12.4 Å². The van der Waals surface area contributed by atoms with Gasteiger partial charge in [0, 0.05) is 29.7 Å². The van der Waals surface area contributed by atoms with Crippen molar-refractivity contribution in [3.8, 4) is 17.5 Å². The number of carbonyl (C=O) groups is 1. The van der Waals surface area contributed by atoms with E-state index in [4.69, 9.17) is 11.0 Å². The predicted molar refractivity (Wildman–Crippen MR) is 106 cm³/mol. The van der Waals surface area contributed by atoms with Gasteiger partial charge < -0.3 is 5.73 Å². The molecular formula is C21H14F6N6O. The van der Waals surface area contributed by atoms with Crippen LogP contribution < -0.4 is 5.73 Å². The molecule has 0 aliphatic carbocycles. The molecule has 2 heterocycles. The third-order valence-electron chi connectivity index (χ3n) is 4.57. The number of aromatic nitrogens is 4. The van der Waals surface area contributed by atoms with Crippen LogP contribution in [-0.4, -0.2) is 25.7 Å². The summed E-state index contributed by atoms with van der Waals surface area (Å²) >= 11 is 0. The molecule has 0 spiro atoms. The monoisotopic (exact) mass is 480 g/mol. The maximum Gasteiger partial charge on any atom is 0.416 e. The molecule has 3 rings (SSSR count). The zero-order valence-corrected chi connectivity index (χ0v) is 17.0. The van der Waals surface area contributed by atoms with Crippen molar-refractivity contribution in [3.63, 3.8) is 0 Å². The molecule has 2 aromatic heterocycles. The highest BCUT2D eigenvalue weighted by Crippen LogP contribution is 2.38. The summed E-state index contributed by atoms with van der Waals surface area (Å²) < 4.78 is 79.5. The summed E-state index contributed by atoms with van der Waals surface area (Å²) in [4.78, 5) is 19.5. The Morgan fingerprint density at radius 1 is 1.06 bits per heavy atom. The molecule has 0 aliphatic rings. The zero-order chi connectivity index (χ0) is 25.1. The standard InChI is InChI=1S/C21H14F6N6O/c22-20(23,24)16-4-15(5-17(6-16)21(25,26)27)19-31-11-33(32-19)10-14(18(29)34)2-1-12-3-13(7-28)9-30-8-12/h3-6,8-11H,1-2H2,(H2,29,34)/b14-10+. The number of nitrogens with two attached hydrogens (primary N) is 1. The Kier molecular flexibility index (Phi) is 6.71. The molecule has 0 fully saturated rings. The lowest BCUT2D eigenvalue weighted by Gasteiger charge is -2.13. The van der Waals surface area contributed by atoms with Crippen molar-refractivity contribution in [3.05, 3.63) is 70.8 Å². The maximum atomic E-state index is 13.1. The van der Waals surface area contributed by atoms with Crippen LogP contribution in [-0.2, 0) is 23.6 Å². The van der Waals surface area contributed by atoms with E-state index in [2.05, 4.69) is 15.1 Å². The normalized spacial score (nSPS) is 12.4. The minimum absolute atomic E-state index is 0.00174. The minimum atomic E-state index is -5.02. The third-order valence-corrected chi connectivity index (χ3v) is 4.57. The van der Waals surface area contributed by atoms with Crippen LogP contribution in [0, 0.1) is 11.3 Å². The van der Waals surface area contributed by atoms with Crippen molar-refractivity contribution >= 4 is 12.1 Å². The molecule has 0 radical (unpaired) electrons. The van der Waals surface area contributed by atoms with Gasteiger partial charge in [-0.1, -0.05) is 0 Å². The molecule has 1 aromatic carbocycles. The molecule has 0 aliphatic heterocycles. The second-order valence-corrected chi connectivity index (χ2v) is 7.06. The average molecular weight is 480 g/mol. The van der Waals surface area contributed by atoms with Crippen molar-refractivity contribution < 1.29 is 31.1 Å². The van der Waals surface area contributed by atoms with Crippen LogP contribution >= 0.6 is 0 Å². The number of benzene rings is 1. The second-order valence-electron chi connectivity index (χ2n) is 7.06. The lowest BCUT2D eigenvalue weighted by atomic mass is 10.0. The van der Waals surface area contributed by atoms with Crippen LogP contribution in [0.25, 0.3) is 17.6 Å². The number of carbonyl (C=O) groups excluding carboxylic acids is 1. The molecule has 3 aromatic rings. The summed E-state index contributed by atoms with van der Waals surface area (Å²) in [5.41, 5.74) is 2.88. The van der Waals surface area contributed by atoms with Crippen LogP contribution in [0.5, 0.6) is 0 Å². The fourth-order valence-corrected chi connectivity index (χ4v) is 2.93. The predicted octanol–water partition coefficient (Wildman–Crippen LogP) is 4.21. The number of rotatable bonds is 6. The van der Waals surface area contributed by atoms with E-state index >= 15 is 0 Å². The van der Waals surface area contributed by atoms with E-state index in [-0.39, 0.29) is 24.5 Å². The topological polar surface area (TPSA) is 110 Å². The number of hydrogen-bond acceptors (Lipinski definition) is 5. The van der Waals surface area contributed by atoms with E-state index in [1.807, 2.05) is 6.07 Å². The van der Waals surface area contributed by atoms with Crippen LogP contribution in [0.3, 0.4) is 0 Å². The Morgan fingerprint density at radius 3 is 2.26 bits per heavy atom. The number of pyridine rings is 1. The Labute approximate surface area is 188 Å². The lowest BCUT2D eigenvalue weighted by molar-refractivity contribution is -0.143. The summed E-state index contributed by atoms with van der Waals surface area (Å²) in [7, 11) is 0. The highest BCUT2D eigenvalue weighted by Gasteiger charge is 2.37. The smallest absolute Gasteiger partial charge is 0.366 e. The fraction of sp³-hybridized carbons (Fsp3) is 0.190. The summed E-state index contributed by atoms with van der Waals surface area (Å²) in [6.45, 7) is 0. The van der Waals surface area contributed by atoms with Gasteiger partial charge in [0.1, 0.15) is 12.4 Å². The molecule has 0 unspecified atom stereocenters. The van der Waals surface area contributed by atoms with Crippen molar-refractivity contribution in [2.45, 2.75) is 25.2 Å². The van der Waals surface area contributed by atoms with Gasteiger partial charge in [0.15, 0.2) is 5.82 Å². The highest BCUT2D eigenvalue weighted by molar-refractivity contribution is 5.94. The Hall–Kier alpha value is -4.21. The van der Waals surface area contributed by atoms with Crippen LogP contribution in [0.15, 0.2) is 48.6 Å². The molecule has 1 amide bonds. The number of amides is 1. The first-order valence-corrected chi connectivity index (χ1v) is 9.42. The van der Waals surface area contributed by atoms with E-state index in [1.165, 1.54) is 18.6 Å². The second kappa shape index (κ2) is 9.34. The largest absolute Gasteiger partial charge is 0.416 e. The minimum Gasteiger partial charge on any atom is -0.366 e. The Balaban J connectivity index is 1.91. The van der Waals surface area contributed by atoms with Crippen LogP contribution in [0.4, 0.5) is 26.3 Å². The van der Waals surface area contributed by atoms with Crippen LogP contribution in [0.1, 0.15) is 28.7 Å². The number of alkyl halides is 6. The van der Waals surface area contributed by atoms with Gasteiger partial charge in [0.2, 0.25) is 5.91 Å². The number of hydrogen-bond donors (Lipinski definition) is 1. The van der Waals surface area contributed by atoms with Gasteiger partial charge in [-0.25, -0.2) is 9.67 Å². The summed E-state index contributed by atoms with van der Waals surface area (Å²) in [5, 5.41) is 12.8. The third kappa shape index (κ3) is 5.97. The first-order valence-electron chi connectivity index (χ1n) is 9.42. The van der Waals surface area contributed by atoms with E-state index in [0.717, 1.165) is 11.0 Å². The van der Waals surface area contributed by atoms with E-state index in [0.29, 0.717) is 23.3 Å². The summed E-state index contributed by atoms with van der Waals surface area (Å²) in [6.07, 6.45) is -4.61. The number of aryl methyl sites for hydroxylation is 1. The van der Waals surface area contributed by atoms with Gasteiger partial charge in [-0.15, -0.1) is 5.10 Å². The molecule has 34 heavy (non-hydrogen) atoms. The molecule has 13 heteroatoms. The number of halogens is 6. The molecule has 0 bridgehead atoms. The Morgan fingerprint density at radius 2 is 1.71 bits per heavy atom. The number of primary amides is 1. The summed E-state index contributed by atoms with van der Waals surface area (Å²) in [6, 6.07) is 4.51. The first kappa shape index (κ1) is 24.4. The van der Waals surface area contributed by atoms with Gasteiger partial charge in [-0.05, 0) is 42.7 Å². The SMILES string of the molecule is N#Cc1cncc(CC/C(=C\n2cnc(-c3cc(C(F)(F)F)cc(C(F)(F)F)c3)n2)C(N)=O)c1. The maximum absolute atomic E-state index is 13.1. The fourth-order valence-electron chi connectivity index (χ4n) is 2.93. The van der Waals surface area contributed by atoms with E-state index < -0.39 is 40.8 Å². The van der Waals surface area contributed by atoms with E-state index in [9.17, 15) is 31.1 Å². The van der Waals surface area contributed by atoms with E-state index in [1.54, 1.807) is 6.07 Å². The average Bonchev–Trinajstić information content (AvgIpc) is 3.23. The van der Waals surface area contributed by atoms with Crippen molar-refractivity contribution in [1.82, 2.24) is 19.7 Å². The molecule has 0 saturated carbocycles. The van der Waals surface area contributed by atoms with Gasteiger partial charge in [0.25, 0.3) is 0 Å². The van der Waals surface area contributed by atoms with Crippen molar-refractivity contribution in [2.75, 3.05) is 0 Å². The molecular weight excluding hydrogens is 466 g/mol. The van der Waals surface area contributed by atoms with Gasteiger partial charge in [0.05, 0.1) is 16.7 Å². The molecule has 2 N–H and O–H groups in total. The van der Waals surface area contributed by atoms with Gasteiger partial charge in [-0.3, -0.25) is 9.78 Å².